The minimum absolute atomic E-state index is 0.0941. The van der Waals surface area contributed by atoms with E-state index in [1.165, 1.54) is 12.1 Å². The molecule has 1 heterocycles. The van der Waals surface area contributed by atoms with Gasteiger partial charge in [-0.25, -0.2) is 0 Å². The van der Waals surface area contributed by atoms with Crippen molar-refractivity contribution in [3.63, 3.8) is 0 Å². The highest BCUT2D eigenvalue weighted by atomic mass is 32.2. The van der Waals surface area contributed by atoms with Crippen molar-refractivity contribution in [2.75, 3.05) is 31.6 Å². The lowest BCUT2D eigenvalue weighted by molar-refractivity contribution is -0.0438. The Kier molecular flexibility index (Phi) is 6.47. The largest absolute Gasteiger partial charge is 0.516 e. The van der Waals surface area contributed by atoms with Crippen LogP contribution in [0.2, 0.25) is 0 Å². The Morgan fingerprint density at radius 1 is 1.13 bits per heavy atom. The molecule has 1 aliphatic heterocycles. The van der Waals surface area contributed by atoms with Crippen LogP contribution in [0, 0.1) is 0 Å². The van der Waals surface area contributed by atoms with Gasteiger partial charge in [0.05, 0.1) is 19.9 Å². The predicted octanol–water partition coefficient (Wildman–Crippen LogP) is 3.64. The van der Waals surface area contributed by atoms with Gasteiger partial charge in [-0.2, -0.15) is 21.6 Å². The molecule has 6 nitrogen and oxygen atoms in total. The first kappa shape index (κ1) is 22.2. The number of methoxy groups -OCH3 is 2. The van der Waals surface area contributed by atoms with Crippen molar-refractivity contribution in [1.29, 1.82) is 0 Å². The van der Waals surface area contributed by atoms with Crippen molar-refractivity contribution in [3.8, 4) is 11.5 Å². The molecular formula is C20H23F3N2O4S. The van der Waals surface area contributed by atoms with Gasteiger partial charge in [-0.05, 0) is 30.7 Å². The number of hydrogen-bond acceptors (Lipinski definition) is 5. The Morgan fingerprint density at radius 2 is 1.87 bits per heavy atom. The van der Waals surface area contributed by atoms with Crippen molar-refractivity contribution in [2.45, 2.75) is 24.4 Å². The molecule has 0 saturated heterocycles. The average molecular weight is 444 g/mol. The van der Waals surface area contributed by atoms with Crippen LogP contribution in [0.4, 0.5) is 18.9 Å². The normalized spacial score (nSPS) is 16.4. The number of nitrogens with one attached hydrogen (secondary N) is 1. The van der Waals surface area contributed by atoms with Crippen LogP contribution in [0.5, 0.6) is 11.5 Å². The van der Waals surface area contributed by atoms with E-state index in [0.29, 0.717) is 40.9 Å². The summed E-state index contributed by atoms with van der Waals surface area (Å²) in [6.45, 7) is 0.759. The summed E-state index contributed by atoms with van der Waals surface area (Å²) >= 11 is 0. The molecule has 0 bridgehead atoms. The maximum atomic E-state index is 13.1. The summed E-state index contributed by atoms with van der Waals surface area (Å²) in [4.78, 5) is 0. The second kappa shape index (κ2) is 8.73. The molecule has 10 heteroatoms. The zero-order valence-electron chi connectivity index (χ0n) is 16.6. The molecule has 0 saturated carbocycles. The summed E-state index contributed by atoms with van der Waals surface area (Å²) in [5, 5.41) is 3.24. The van der Waals surface area contributed by atoms with Crippen LogP contribution in [-0.4, -0.2) is 41.2 Å². The molecule has 164 valence electrons. The summed E-state index contributed by atoms with van der Waals surface area (Å²) < 4.78 is 74.1. The van der Waals surface area contributed by atoms with Crippen molar-refractivity contribution < 1.29 is 31.1 Å². The number of benzene rings is 2. The Morgan fingerprint density at radius 3 is 2.53 bits per heavy atom. The number of sulfonamides is 1. The van der Waals surface area contributed by atoms with Crippen LogP contribution in [-0.2, 0) is 16.6 Å². The fraction of sp³-hybridized carbons (Fsp3) is 0.400. The minimum atomic E-state index is -5.43. The quantitative estimate of drug-likeness (QED) is 0.630. The van der Waals surface area contributed by atoms with Crippen LogP contribution in [0.15, 0.2) is 42.5 Å². The molecule has 1 N–H and O–H groups in total. The van der Waals surface area contributed by atoms with E-state index in [2.05, 4.69) is 5.32 Å². The zero-order chi connectivity index (χ0) is 21.9. The van der Waals surface area contributed by atoms with Gasteiger partial charge in [0.2, 0.25) is 0 Å². The molecule has 30 heavy (non-hydrogen) atoms. The Hall–Kier alpha value is -2.46. The summed E-state index contributed by atoms with van der Waals surface area (Å²) in [5.41, 5.74) is -3.73. The van der Waals surface area contributed by atoms with Gasteiger partial charge < -0.3 is 14.8 Å². The standard InChI is InChI=1S/C20H23F3N2O4S/c1-28-16-8-7-14(19(11-16)29-2)12-24-10-9-15-13-25(30(26,27)20(21,22)23)18-6-4-3-5-17(15)18/h3-8,11,15,24H,9-10,12-13H2,1-2H3. The number of fused-ring (bicyclic) bond motifs is 1. The fourth-order valence-electron chi connectivity index (χ4n) is 3.55. The Balaban J connectivity index is 1.66. The molecule has 1 aliphatic rings. The number of nitrogens with zero attached hydrogens (tertiary/aromatic N) is 1. The van der Waals surface area contributed by atoms with E-state index < -0.39 is 15.5 Å². The second-order valence-corrected chi connectivity index (χ2v) is 8.73. The van der Waals surface area contributed by atoms with Crippen LogP contribution in [0.3, 0.4) is 0 Å². The molecule has 2 aromatic rings. The topological polar surface area (TPSA) is 67.9 Å². The molecule has 0 fully saturated rings. The summed E-state index contributed by atoms with van der Waals surface area (Å²) in [5.74, 6) is 1.00. The lowest BCUT2D eigenvalue weighted by atomic mass is 9.98. The van der Waals surface area contributed by atoms with E-state index in [-0.39, 0.29) is 18.2 Å². The molecule has 0 amide bonds. The molecule has 2 aromatic carbocycles. The van der Waals surface area contributed by atoms with E-state index in [0.717, 1.165) is 5.56 Å². The van der Waals surface area contributed by atoms with Crippen molar-refractivity contribution in [2.24, 2.45) is 0 Å². The number of alkyl halides is 3. The third-order valence-corrected chi connectivity index (χ3v) is 6.60. The van der Waals surface area contributed by atoms with Crippen molar-refractivity contribution >= 4 is 15.7 Å². The van der Waals surface area contributed by atoms with Gasteiger partial charge in [-0.3, -0.25) is 4.31 Å². The van der Waals surface area contributed by atoms with E-state index in [1.807, 2.05) is 12.1 Å². The highest BCUT2D eigenvalue weighted by molar-refractivity contribution is 7.93. The SMILES string of the molecule is COc1ccc(CNCCC2CN(S(=O)(=O)C(F)(F)F)c3ccccc32)c(OC)c1. The predicted molar refractivity (Wildman–Crippen MR) is 107 cm³/mol. The van der Waals surface area contributed by atoms with Gasteiger partial charge in [-0.15, -0.1) is 0 Å². The lowest BCUT2D eigenvalue weighted by Crippen LogP contribution is -2.40. The molecular weight excluding hydrogens is 421 g/mol. The molecule has 0 aliphatic carbocycles. The van der Waals surface area contributed by atoms with E-state index >= 15 is 0 Å². The highest BCUT2D eigenvalue weighted by Gasteiger charge is 2.52. The number of rotatable bonds is 8. The van der Waals surface area contributed by atoms with Gasteiger partial charge in [0.1, 0.15) is 11.5 Å². The third kappa shape index (κ3) is 4.34. The minimum Gasteiger partial charge on any atom is -0.497 e. The molecule has 0 aromatic heterocycles. The van der Waals surface area contributed by atoms with Gasteiger partial charge >= 0.3 is 15.5 Å². The number of para-hydroxylation sites is 1. The Bertz CT molecular complexity index is 996. The second-order valence-electron chi connectivity index (χ2n) is 6.88. The monoisotopic (exact) mass is 444 g/mol. The summed E-state index contributed by atoms with van der Waals surface area (Å²) in [7, 11) is -2.30. The Labute approximate surface area is 173 Å². The molecule has 0 radical (unpaired) electrons. The van der Waals surface area contributed by atoms with Crippen LogP contribution < -0.4 is 19.1 Å². The third-order valence-electron chi connectivity index (χ3n) is 5.09. The smallest absolute Gasteiger partial charge is 0.497 e. The molecule has 3 rings (SSSR count). The number of ether oxygens (including phenoxy) is 2. The summed E-state index contributed by atoms with van der Waals surface area (Å²) in [6, 6.07) is 11.8. The summed E-state index contributed by atoms with van der Waals surface area (Å²) in [6.07, 6.45) is 0.485. The number of halogens is 3. The fourth-order valence-corrected chi connectivity index (χ4v) is 4.60. The molecule has 1 atom stereocenters. The van der Waals surface area contributed by atoms with Gasteiger partial charge in [-0.1, -0.05) is 24.3 Å². The lowest BCUT2D eigenvalue weighted by Gasteiger charge is -2.21. The molecule has 1 unspecified atom stereocenters. The van der Waals surface area contributed by atoms with Gasteiger partial charge in [0.25, 0.3) is 0 Å². The van der Waals surface area contributed by atoms with Crippen LogP contribution >= 0.6 is 0 Å². The zero-order valence-corrected chi connectivity index (χ0v) is 17.4. The molecule has 0 spiro atoms. The van der Waals surface area contributed by atoms with Crippen LogP contribution in [0.1, 0.15) is 23.5 Å². The van der Waals surface area contributed by atoms with Gasteiger partial charge in [0.15, 0.2) is 0 Å². The van der Waals surface area contributed by atoms with E-state index in [9.17, 15) is 21.6 Å². The average Bonchev–Trinajstić information content (AvgIpc) is 3.10. The first-order valence-corrected chi connectivity index (χ1v) is 10.7. The first-order chi connectivity index (χ1) is 14.2. The number of hydrogen-bond donors (Lipinski definition) is 1. The number of anilines is 1. The van der Waals surface area contributed by atoms with Crippen LogP contribution in [0.25, 0.3) is 0 Å². The highest BCUT2D eigenvalue weighted by Crippen LogP contribution is 2.42. The van der Waals surface area contributed by atoms with Gasteiger partial charge in [0, 0.05) is 30.6 Å². The van der Waals surface area contributed by atoms with E-state index in [1.54, 1.807) is 32.4 Å². The van der Waals surface area contributed by atoms with Crippen molar-refractivity contribution in [3.05, 3.63) is 53.6 Å². The first-order valence-electron chi connectivity index (χ1n) is 9.28. The van der Waals surface area contributed by atoms with Crippen molar-refractivity contribution in [1.82, 2.24) is 5.32 Å². The van der Waals surface area contributed by atoms with E-state index in [4.69, 9.17) is 9.47 Å². The maximum Gasteiger partial charge on any atom is 0.516 e. The maximum absolute atomic E-state index is 13.1.